The highest BCUT2D eigenvalue weighted by Gasteiger charge is 2.35. The fourth-order valence-corrected chi connectivity index (χ4v) is 11.1. The monoisotopic (exact) mass is 877 g/mol. The number of imidazole rings is 2. The van der Waals surface area contributed by atoms with Gasteiger partial charge < -0.3 is 24.4 Å². The minimum atomic E-state index is -0.479. The number of piperidine rings is 2. The van der Waals surface area contributed by atoms with Crippen LogP contribution in [0, 0.1) is 23.7 Å². The average Bonchev–Trinajstić information content (AvgIpc) is 4.13. The van der Waals surface area contributed by atoms with Crippen LogP contribution in [0.5, 0.6) is 0 Å². The van der Waals surface area contributed by atoms with Crippen molar-refractivity contribution in [1.82, 2.24) is 39.0 Å². The Labute approximate surface area is 377 Å². The molecule has 344 valence electrons. The maximum atomic E-state index is 12.4. The molecule has 0 radical (unpaired) electrons. The van der Waals surface area contributed by atoms with Gasteiger partial charge in [0.05, 0.1) is 72.6 Å². The first kappa shape index (κ1) is 45.5. The van der Waals surface area contributed by atoms with Crippen molar-refractivity contribution in [3.8, 4) is 0 Å². The van der Waals surface area contributed by atoms with Gasteiger partial charge in [-0.05, 0) is 134 Å². The number of ether oxygens (including phenoxy) is 3. The molecule has 4 aromatic rings. The van der Waals surface area contributed by atoms with Gasteiger partial charge in [0.15, 0.2) is 11.3 Å². The first-order chi connectivity index (χ1) is 30.5. The summed E-state index contributed by atoms with van der Waals surface area (Å²) < 4.78 is 20.0. The molecule has 2 saturated carbocycles. The van der Waals surface area contributed by atoms with Gasteiger partial charge in [-0.15, -0.1) is 0 Å². The Morgan fingerprint density at radius 1 is 0.625 bits per heavy atom. The SMILES string of the molecule is C.COC(=O)C1CCC(C2=CCc3ncc4nc(C5CCN(C(=O)OC(C)(C)C)CC5)cn4c32)CC1.COC(=O)C1CCC(C2=CCc3ncc4nc(C5CCNCC5)cn4c32)CC1. The highest BCUT2D eigenvalue weighted by Crippen LogP contribution is 2.44. The normalized spacial score (nSPS) is 23.9. The summed E-state index contributed by atoms with van der Waals surface area (Å²) in [5.41, 5.74) is 11.1. The minimum Gasteiger partial charge on any atom is -0.469 e. The Hall–Kier alpha value is -5.11. The number of hydrogen-bond donors (Lipinski definition) is 1. The fourth-order valence-electron chi connectivity index (χ4n) is 11.1. The highest BCUT2D eigenvalue weighted by atomic mass is 16.6. The molecule has 4 aromatic heterocycles. The molecule has 0 aromatic carbocycles. The summed E-state index contributed by atoms with van der Waals surface area (Å²) in [6.07, 6.45) is 26.1. The second kappa shape index (κ2) is 19.2. The lowest BCUT2D eigenvalue weighted by Crippen LogP contribution is -2.41. The van der Waals surface area contributed by atoms with Gasteiger partial charge in [0.25, 0.3) is 0 Å². The van der Waals surface area contributed by atoms with Crippen LogP contribution in [-0.4, -0.2) is 97.7 Å². The topological polar surface area (TPSA) is 155 Å². The average molecular weight is 877 g/mol. The molecular weight excluding hydrogens is 809 g/mol. The van der Waals surface area contributed by atoms with Crippen LogP contribution in [0.2, 0.25) is 0 Å². The maximum absolute atomic E-state index is 12.4. The molecule has 0 spiro atoms. The van der Waals surface area contributed by atoms with Crippen LogP contribution in [0.4, 0.5) is 4.79 Å². The molecule has 10 rings (SSSR count). The summed E-state index contributed by atoms with van der Waals surface area (Å²) in [4.78, 5) is 57.4. The number of aromatic nitrogens is 6. The predicted molar refractivity (Wildman–Crippen MR) is 246 cm³/mol. The summed E-state index contributed by atoms with van der Waals surface area (Å²) in [6, 6.07) is 0. The van der Waals surface area contributed by atoms with E-state index < -0.39 is 5.60 Å². The zero-order chi connectivity index (χ0) is 43.8. The van der Waals surface area contributed by atoms with Crippen molar-refractivity contribution in [2.24, 2.45) is 23.7 Å². The molecular formula is C50H68N8O6. The number of rotatable bonds is 6. The van der Waals surface area contributed by atoms with Crippen LogP contribution < -0.4 is 5.32 Å². The lowest BCUT2D eigenvalue weighted by molar-refractivity contribution is -0.147. The van der Waals surface area contributed by atoms with E-state index in [0.29, 0.717) is 36.8 Å². The molecule has 1 N–H and O–H groups in total. The Bertz CT molecular complexity index is 2400. The van der Waals surface area contributed by atoms with Crippen LogP contribution >= 0.6 is 0 Å². The van der Waals surface area contributed by atoms with Crippen molar-refractivity contribution < 1.29 is 28.6 Å². The van der Waals surface area contributed by atoms with Gasteiger partial charge in [-0.3, -0.25) is 28.4 Å². The quantitative estimate of drug-likeness (QED) is 0.147. The van der Waals surface area contributed by atoms with Gasteiger partial charge in [0, 0.05) is 50.2 Å². The summed E-state index contributed by atoms with van der Waals surface area (Å²) >= 11 is 0. The molecule has 6 aliphatic rings. The van der Waals surface area contributed by atoms with Crippen molar-refractivity contribution in [2.75, 3.05) is 40.4 Å². The summed E-state index contributed by atoms with van der Waals surface area (Å²) in [5.74, 6) is 1.76. The van der Waals surface area contributed by atoms with E-state index in [9.17, 15) is 14.4 Å². The summed E-state index contributed by atoms with van der Waals surface area (Å²) in [6.45, 7) is 9.20. The summed E-state index contributed by atoms with van der Waals surface area (Å²) in [7, 11) is 2.97. The van der Waals surface area contributed by atoms with Gasteiger partial charge >= 0.3 is 18.0 Å². The standard InChI is InChI=1S/C27H36N4O4.C22H28N4O2.CH4/c1-27(2,3)35-26(33)30-13-11-18(12-14-30)22-16-31-23(29-22)15-28-21-10-9-20(24(21)31)17-5-7-19(8-6-17)25(32)34-4;1-28-22(27)16-4-2-14(3-5-16)17-6-7-18-21(17)26-13-19(25-20(26)12-24-18)15-8-10-23-11-9-15;/h9,15-19H,5-8,10-14H2,1-4H3;6,12-16,23H,2-5,7-11H2,1H3;1H4. The van der Waals surface area contributed by atoms with Gasteiger partial charge in [0.2, 0.25) is 0 Å². The van der Waals surface area contributed by atoms with Gasteiger partial charge in [-0.25, -0.2) is 14.8 Å². The molecule has 64 heavy (non-hydrogen) atoms. The third-order valence-electron chi connectivity index (χ3n) is 14.5. The molecule has 0 bridgehead atoms. The van der Waals surface area contributed by atoms with E-state index in [1.165, 1.54) is 42.4 Å². The Morgan fingerprint density at radius 3 is 1.48 bits per heavy atom. The number of fused-ring (bicyclic) bond motifs is 6. The molecule has 6 heterocycles. The number of carbonyl (C=O) groups excluding carboxylic acids is 3. The molecule has 0 atom stereocenters. The largest absolute Gasteiger partial charge is 0.469 e. The zero-order valence-corrected chi connectivity index (χ0v) is 37.7. The number of amides is 1. The van der Waals surface area contributed by atoms with E-state index in [-0.39, 0.29) is 37.3 Å². The van der Waals surface area contributed by atoms with Crippen LogP contribution in [0.15, 0.2) is 36.9 Å². The van der Waals surface area contributed by atoms with E-state index in [4.69, 9.17) is 34.1 Å². The number of likely N-dealkylation sites (tertiary alicyclic amines) is 1. The van der Waals surface area contributed by atoms with E-state index >= 15 is 0 Å². The van der Waals surface area contributed by atoms with Crippen LogP contribution in [0.3, 0.4) is 0 Å². The molecule has 0 unspecified atom stereocenters. The predicted octanol–water partition coefficient (Wildman–Crippen LogP) is 8.51. The molecule has 4 fully saturated rings. The Balaban J connectivity index is 0.000000176. The number of methoxy groups -OCH3 is 2. The number of allylic oxidation sites excluding steroid dienone is 4. The Morgan fingerprint density at radius 2 is 1.06 bits per heavy atom. The summed E-state index contributed by atoms with van der Waals surface area (Å²) in [5, 5.41) is 3.44. The van der Waals surface area contributed by atoms with E-state index in [0.717, 1.165) is 131 Å². The number of esters is 2. The van der Waals surface area contributed by atoms with E-state index in [2.05, 4.69) is 38.7 Å². The van der Waals surface area contributed by atoms with Crippen molar-refractivity contribution in [3.05, 3.63) is 71.1 Å². The van der Waals surface area contributed by atoms with E-state index in [1.807, 2.05) is 38.1 Å². The number of nitrogens with zero attached hydrogens (tertiary/aromatic N) is 7. The van der Waals surface area contributed by atoms with E-state index in [1.54, 1.807) is 0 Å². The van der Waals surface area contributed by atoms with Gasteiger partial charge in [0.1, 0.15) is 5.60 Å². The molecule has 4 aliphatic carbocycles. The molecule has 2 saturated heterocycles. The van der Waals surface area contributed by atoms with Crippen LogP contribution in [0.25, 0.3) is 22.4 Å². The lowest BCUT2D eigenvalue weighted by atomic mass is 9.78. The molecule has 2 aliphatic heterocycles. The number of nitrogens with one attached hydrogen (secondary N) is 1. The van der Waals surface area contributed by atoms with Gasteiger partial charge in [-0.2, -0.15) is 0 Å². The van der Waals surface area contributed by atoms with Gasteiger partial charge in [-0.1, -0.05) is 19.6 Å². The zero-order valence-electron chi connectivity index (χ0n) is 37.7. The number of hydrogen-bond acceptors (Lipinski definition) is 11. The van der Waals surface area contributed by atoms with Crippen molar-refractivity contribution >= 4 is 40.5 Å². The second-order valence-electron chi connectivity index (χ2n) is 19.5. The molecule has 14 heteroatoms. The van der Waals surface area contributed by atoms with Crippen molar-refractivity contribution in [2.45, 2.75) is 136 Å². The fraction of sp³-hybridized carbons (Fsp3) is 0.620. The maximum Gasteiger partial charge on any atom is 0.410 e. The lowest BCUT2D eigenvalue weighted by Gasteiger charge is -2.32. The second-order valence-corrected chi connectivity index (χ2v) is 19.5. The van der Waals surface area contributed by atoms with Crippen LogP contribution in [0.1, 0.15) is 151 Å². The molecule has 1 amide bonds. The molecule has 14 nitrogen and oxygen atoms in total. The van der Waals surface area contributed by atoms with Crippen molar-refractivity contribution in [3.63, 3.8) is 0 Å². The minimum absolute atomic E-state index is 0. The first-order valence-corrected chi connectivity index (χ1v) is 23.5. The van der Waals surface area contributed by atoms with Crippen LogP contribution in [-0.2, 0) is 36.6 Å². The highest BCUT2D eigenvalue weighted by molar-refractivity contribution is 5.76. The number of carbonyl (C=O) groups is 3. The van der Waals surface area contributed by atoms with Crippen molar-refractivity contribution in [1.29, 1.82) is 0 Å². The third-order valence-corrected chi connectivity index (χ3v) is 14.5. The smallest absolute Gasteiger partial charge is 0.410 e. The first-order valence-electron chi connectivity index (χ1n) is 23.5. The Kier molecular flexibility index (Phi) is 13.6. The third kappa shape index (κ3) is 9.35.